The Bertz CT molecular complexity index is 893. The van der Waals surface area contributed by atoms with Crippen molar-refractivity contribution in [1.82, 2.24) is 0 Å². The number of nitro benzene ring substituents is 1. The average molecular weight is 398 g/mol. The first-order chi connectivity index (χ1) is 13.9. The van der Waals surface area contributed by atoms with Crippen molar-refractivity contribution in [2.75, 3.05) is 18.5 Å². The fourth-order valence-electron chi connectivity index (χ4n) is 2.59. The molecule has 154 valence electrons. The number of unbranched alkanes of at least 4 members (excludes halogenated alkanes) is 1. The molecule has 0 aromatic heterocycles. The van der Waals surface area contributed by atoms with Gasteiger partial charge < -0.3 is 14.8 Å². The molecule has 0 atom stereocenters. The van der Waals surface area contributed by atoms with Gasteiger partial charge in [0.1, 0.15) is 0 Å². The molecule has 2 aromatic carbocycles. The quantitative estimate of drug-likeness (QED) is 0.259. The lowest BCUT2D eigenvalue weighted by Gasteiger charge is -2.12. The summed E-state index contributed by atoms with van der Waals surface area (Å²) in [5, 5.41) is 13.5. The van der Waals surface area contributed by atoms with Crippen molar-refractivity contribution < 1.29 is 19.2 Å². The van der Waals surface area contributed by atoms with Crippen LogP contribution in [0, 0.1) is 17.0 Å². The van der Waals surface area contributed by atoms with Crippen molar-refractivity contribution in [2.24, 2.45) is 0 Å². The number of hydrogen-bond acceptors (Lipinski definition) is 5. The molecule has 0 saturated heterocycles. The van der Waals surface area contributed by atoms with Crippen LogP contribution < -0.4 is 14.8 Å². The van der Waals surface area contributed by atoms with Gasteiger partial charge in [0.25, 0.3) is 5.69 Å². The highest BCUT2D eigenvalue weighted by atomic mass is 16.6. The summed E-state index contributed by atoms with van der Waals surface area (Å²) in [6, 6.07) is 9.81. The van der Waals surface area contributed by atoms with E-state index in [2.05, 4.69) is 12.2 Å². The first-order valence-corrected chi connectivity index (χ1v) is 9.58. The summed E-state index contributed by atoms with van der Waals surface area (Å²) >= 11 is 0. The molecule has 1 amide bonds. The minimum absolute atomic E-state index is 0.0132. The molecule has 0 spiro atoms. The van der Waals surface area contributed by atoms with Crippen LogP contribution in [0.5, 0.6) is 11.5 Å². The van der Waals surface area contributed by atoms with E-state index in [1.54, 1.807) is 13.0 Å². The Kier molecular flexibility index (Phi) is 8.21. The van der Waals surface area contributed by atoms with Gasteiger partial charge in [0.2, 0.25) is 5.91 Å². The normalized spacial score (nSPS) is 10.7. The van der Waals surface area contributed by atoms with Crippen LogP contribution in [0.25, 0.3) is 6.08 Å². The molecule has 0 aliphatic rings. The van der Waals surface area contributed by atoms with E-state index >= 15 is 0 Å². The van der Waals surface area contributed by atoms with Crippen molar-refractivity contribution in [2.45, 2.75) is 33.6 Å². The standard InChI is InChI=1S/C22H26N2O5/c1-4-6-13-29-20-11-7-17(15-21(20)28-5-2)8-12-22(25)23-19-10-9-18(24(26)27)14-16(19)3/h7-12,14-15H,4-6,13H2,1-3H3,(H,23,25)/b12-8+. The zero-order valence-electron chi connectivity index (χ0n) is 16.9. The van der Waals surface area contributed by atoms with Crippen LogP contribution in [0.1, 0.15) is 37.8 Å². The van der Waals surface area contributed by atoms with Gasteiger partial charge in [-0.05, 0) is 55.7 Å². The van der Waals surface area contributed by atoms with Crippen LogP contribution >= 0.6 is 0 Å². The van der Waals surface area contributed by atoms with Crippen molar-refractivity contribution in [3.05, 3.63) is 63.7 Å². The summed E-state index contributed by atoms with van der Waals surface area (Å²) in [4.78, 5) is 22.6. The van der Waals surface area contributed by atoms with Crippen LogP contribution in [-0.2, 0) is 4.79 Å². The van der Waals surface area contributed by atoms with Gasteiger partial charge in [-0.1, -0.05) is 19.4 Å². The Morgan fingerprint density at radius 3 is 2.59 bits per heavy atom. The maximum Gasteiger partial charge on any atom is 0.269 e. The summed E-state index contributed by atoms with van der Waals surface area (Å²) < 4.78 is 11.4. The van der Waals surface area contributed by atoms with Crippen molar-refractivity contribution in [1.29, 1.82) is 0 Å². The number of nitrogens with zero attached hydrogens (tertiary/aromatic N) is 1. The number of amides is 1. The zero-order valence-corrected chi connectivity index (χ0v) is 16.9. The lowest BCUT2D eigenvalue weighted by molar-refractivity contribution is -0.384. The summed E-state index contributed by atoms with van der Waals surface area (Å²) in [7, 11) is 0. The maximum atomic E-state index is 12.2. The highest BCUT2D eigenvalue weighted by Gasteiger charge is 2.09. The number of nitrogens with one attached hydrogen (secondary N) is 1. The van der Waals surface area contributed by atoms with Crippen LogP contribution in [0.4, 0.5) is 11.4 Å². The molecule has 0 unspecified atom stereocenters. The molecule has 0 aliphatic carbocycles. The molecule has 2 aromatic rings. The summed E-state index contributed by atoms with van der Waals surface area (Å²) in [6.45, 7) is 6.85. The number of aryl methyl sites for hydroxylation is 1. The Balaban J connectivity index is 2.07. The van der Waals surface area contributed by atoms with Gasteiger partial charge in [-0.15, -0.1) is 0 Å². The van der Waals surface area contributed by atoms with Crippen LogP contribution in [0.3, 0.4) is 0 Å². The second-order valence-electron chi connectivity index (χ2n) is 6.42. The number of carbonyl (C=O) groups is 1. The first kappa shape index (κ1) is 21.9. The van der Waals surface area contributed by atoms with Gasteiger partial charge >= 0.3 is 0 Å². The molecule has 2 rings (SSSR count). The van der Waals surface area contributed by atoms with Gasteiger partial charge in [0.15, 0.2) is 11.5 Å². The van der Waals surface area contributed by atoms with Gasteiger partial charge in [0, 0.05) is 23.9 Å². The molecule has 0 saturated carbocycles. The molecule has 1 N–H and O–H groups in total. The Morgan fingerprint density at radius 2 is 1.93 bits per heavy atom. The lowest BCUT2D eigenvalue weighted by atomic mass is 10.1. The molecule has 7 heteroatoms. The van der Waals surface area contributed by atoms with E-state index in [-0.39, 0.29) is 11.6 Å². The molecular weight excluding hydrogens is 372 g/mol. The number of carbonyl (C=O) groups excluding carboxylic acids is 1. The third kappa shape index (κ3) is 6.64. The smallest absolute Gasteiger partial charge is 0.269 e. The fourth-order valence-corrected chi connectivity index (χ4v) is 2.59. The fraction of sp³-hybridized carbons (Fsp3) is 0.318. The van der Waals surface area contributed by atoms with E-state index in [1.807, 2.05) is 25.1 Å². The average Bonchev–Trinajstić information content (AvgIpc) is 2.69. The molecule has 0 heterocycles. The summed E-state index contributed by atoms with van der Waals surface area (Å²) in [5.74, 6) is 0.990. The second kappa shape index (κ2) is 10.8. The molecule has 0 radical (unpaired) electrons. The molecule has 7 nitrogen and oxygen atoms in total. The molecule has 0 fully saturated rings. The number of rotatable bonds is 10. The second-order valence-corrected chi connectivity index (χ2v) is 6.42. The van der Waals surface area contributed by atoms with Gasteiger partial charge in [-0.25, -0.2) is 0 Å². The topological polar surface area (TPSA) is 90.7 Å². The number of ether oxygens (including phenoxy) is 2. The molecule has 0 aliphatic heterocycles. The Labute approximate surface area is 170 Å². The summed E-state index contributed by atoms with van der Waals surface area (Å²) in [6.07, 6.45) is 5.10. The number of anilines is 1. The van der Waals surface area contributed by atoms with Gasteiger partial charge in [-0.2, -0.15) is 0 Å². The first-order valence-electron chi connectivity index (χ1n) is 9.58. The minimum Gasteiger partial charge on any atom is -0.490 e. The Hall–Kier alpha value is -3.35. The SMILES string of the molecule is CCCCOc1ccc(/C=C/C(=O)Nc2ccc([N+](=O)[O-])cc2C)cc1OCC. The largest absolute Gasteiger partial charge is 0.490 e. The van der Waals surface area contributed by atoms with Crippen LogP contribution in [0.15, 0.2) is 42.5 Å². The number of nitro groups is 1. The zero-order chi connectivity index (χ0) is 21.2. The highest BCUT2D eigenvalue weighted by Crippen LogP contribution is 2.29. The number of benzene rings is 2. The van der Waals surface area contributed by atoms with Crippen LogP contribution in [-0.4, -0.2) is 24.0 Å². The third-order valence-corrected chi connectivity index (χ3v) is 4.13. The van der Waals surface area contributed by atoms with E-state index in [0.29, 0.717) is 36.0 Å². The van der Waals surface area contributed by atoms with Crippen molar-refractivity contribution >= 4 is 23.4 Å². The van der Waals surface area contributed by atoms with Gasteiger partial charge in [0.05, 0.1) is 18.1 Å². The molecule has 0 bridgehead atoms. The molecular formula is C22H26N2O5. The van der Waals surface area contributed by atoms with E-state index < -0.39 is 4.92 Å². The predicted molar refractivity (Wildman–Crippen MR) is 114 cm³/mol. The third-order valence-electron chi connectivity index (χ3n) is 4.13. The highest BCUT2D eigenvalue weighted by molar-refractivity contribution is 6.02. The monoisotopic (exact) mass is 398 g/mol. The van der Waals surface area contributed by atoms with E-state index in [0.717, 1.165) is 18.4 Å². The van der Waals surface area contributed by atoms with Crippen LogP contribution in [0.2, 0.25) is 0 Å². The minimum atomic E-state index is -0.468. The lowest BCUT2D eigenvalue weighted by Crippen LogP contribution is -2.09. The van der Waals surface area contributed by atoms with E-state index in [4.69, 9.17) is 9.47 Å². The van der Waals surface area contributed by atoms with Gasteiger partial charge in [-0.3, -0.25) is 14.9 Å². The number of hydrogen-bond donors (Lipinski definition) is 1. The number of non-ortho nitro benzene ring substituents is 1. The predicted octanol–water partition coefficient (Wildman–Crippen LogP) is 5.13. The summed E-state index contributed by atoms with van der Waals surface area (Å²) in [5.41, 5.74) is 1.93. The van der Waals surface area contributed by atoms with Crippen molar-refractivity contribution in [3.8, 4) is 11.5 Å². The Morgan fingerprint density at radius 1 is 1.14 bits per heavy atom. The van der Waals surface area contributed by atoms with E-state index in [9.17, 15) is 14.9 Å². The molecule has 29 heavy (non-hydrogen) atoms. The maximum absolute atomic E-state index is 12.2. The van der Waals surface area contributed by atoms with E-state index in [1.165, 1.54) is 24.3 Å². The van der Waals surface area contributed by atoms with Crippen molar-refractivity contribution in [3.63, 3.8) is 0 Å².